The zero-order chi connectivity index (χ0) is 14.2. The molecule has 0 aromatic heterocycles. The van der Waals surface area contributed by atoms with Crippen molar-refractivity contribution in [2.45, 2.75) is 13.0 Å². The van der Waals surface area contributed by atoms with Gasteiger partial charge >= 0.3 is 0 Å². The number of phenols is 1. The summed E-state index contributed by atoms with van der Waals surface area (Å²) >= 11 is 0. The van der Waals surface area contributed by atoms with Crippen LogP contribution >= 0.6 is 0 Å². The lowest BCUT2D eigenvalue weighted by Crippen LogP contribution is -2.17. The molecule has 0 spiro atoms. The van der Waals surface area contributed by atoms with Gasteiger partial charge < -0.3 is 15.2 Å². The Morgan fingerprint density at radius 1 is 1.05 bits per heavy atom. The molecule has 106 valence electrons. The van der Waals surface area contributed by atoms with Crippen LogP contribution < -0.4 is 10.1 Å². The first kappa shape index (κ1) is 14.3. The Kier molecular flexibility index (Phi) is 5.38. The zero-order valence-corrected chi connectivity index (χ0v) is 11.2. The van der Waals surface area contributed by atoms with E-state index in [1.54, 1.807) is 12.1 Å². The first-order valence-corrected chi connectivity index (χ1v) is 6.62. The molecule has 4 heteroatoms. The van der Waals surface area contributed by atoms with Crippen molar-refractivity contribution >= 4 is 0 Å². The van der Waals surface area contributed by atoms with E-state index in [1.807, 2.05) is 30.3 Å². The van der Waals surface area contributed by atoms with Gasteiger partial charge in [0.25, 0.3) is 0 Å². The number of aromatic hydroxyl groups is 1. The zero-order valence-electron chi connectivity index (χ0n) is 11.2. The van der Waals surface area contributed by atoms with Crippen molar-refractivity contribution in [1.29, 1.82) is 0 Å². The van der Waals surface area contributed by atoms with Crippen LogP contribution in [-0.2, 0) is 6.54 Å². The summed E-state index contributed by atoms with van der Waals surface area (Å²) in [7, 11) is 0. The molecule has 0 saturated heterocycles. The lowest BCUT2D eigenvalue weighted by molar-refractivity contribution is 0.308. The number of rotatable bonds is 7. The number of nitrogens with one attached hydrogen (secondary N) is 1. The number of halogens is 1. The molecular weight excluding hydrogens is 257 g/mol. The summed E-state index contributed by atoms with van der Waals surface area (Å²) < 4.78 is 18.7. The number of hydrogen-bond donors (Lipinski definition) is 2. The maximum atomic E-state index is 13.1. The first-order chi connectivity index (χ1) is 9.77. The summed E-state index contributed by atoms with van der Waals surface area (Å²) in [5, 5.41) is 12.7. The average molecular weight is 275 g/mol. The van der Waals surface area contributed by atoms with Crippen LogP contribution in [0.4, 0.5) is 4.39 Å². The molecule has 0 aliphatic heterocycles. The lowest BCUT2D eigenvalue weighted by atomic mass is 10.2. The van der Waals surface area contributed by atoms with Crippen LogP contribution in [0.25, 0.3) is 0 Å². The van der Waals surface area contributed by atoms with E-state index in [0.29, 0.717) is 18.7 Å². The van der Waals surface area contributed by atoms with Gasteiger partial charge in [-0.3, -0.25) is 0 Å². The monoisotopic (exact) mass is 275 g/mol. The van der Waals surface area contributed by atoms with Gasteiger partial charge in [0.05, 0.1) is 6.61 Å². The topological polar surface area (TPSA) is 41.5 Å². The minimum absolute atomic E-state index is 0.277. The van der Waals surface area contributed by atoms with E-state index in [0.717, 1.165) is 18.7 Å². The lowest BCUT2D eigenvalue weighted by Gasteiger charge is -2.08. The van der Waals surface area contributed by atoms with Gasteiger partial charge in [-0.15, -0.1) is 0 Å². The predicted molar refractivity (Wildman–Crippen MR) is 76.3 cm³/mol. The maximum absolute atomic E-state index is 13.1. The predicted octanol–water partition coefficient (Wildman–Crippen LogP) is 3.09. The number of benzene rings is 2. The Morgan fingerprint density at radius 2 is 1.85 bits per heavy atom. The highest BCUT2D eigenvalue weighted by Gasteiger charge is 2.05. The van der Waals surface area contributed by atoms with Gasteiger partial charge in [-0.25, -0.2) is 4.39 Å². The van der Waals surface area contributed by atoms with Crippen LogP contribution in [-0.4, -0.2) is 18.3 Å². The fourth-order valence-electron chi connectivity index (χ4n) is 1.83. The van der Waals surface area contributed by atoms with Gasteiger partial charge in [0.1, 0.15) is 5.75 Å². The van der Waals surface area contributed by atoms with Gasteiger partial charge in [-0.1, -0.05) is 30.3 Å². The minimum atomic E-state index is -0.586. The molecule has 20 heavy (non-hydrogen) atoms. The van der Waals surface area contributed by atoms with E-state index in [2.05, 4.69) is 5.32 Å². The quantitative estimate of drug-likeness (QED) is 0.763. The molecule has 0 fully saturated rings. The Hall–Kier alpha value is -2.07. The van der Waals surface area contributed by atoms with Crippen molar-refractivity contribution in [3.8, 4) is 11.5 Å². The Balaban J connectivity index is 1.63. The largest absolute Gasteiger partial charge is 0.505 e. The highest BCUT2D eigenvalue weighted by atomic mass is 19.1. The van der Waals surface area contributed by atoms with E-state index >= 15 is 0 Å². The molecule has 2 aromatic rings. The van der Waals surface area contributed by atoms with Crippen molar-refractivity contribution in [2.24, 2.45) is 0 Å². The maximum Gasteiger partial charge on any atom is 0.165 e. The van der Waals surface area contributed by atoms with E-state index in [9.17, 15) is 9.50 Å². The Morgan fingerprint density at radius 3 is 2.65 bits per heavy atom. The summed E-state index contributed by atoms with van der Waals surface area (Å²) in [5.74, 6) is -0.00692. The van der Waals surface area contributed by atoms with Crippen molar-refractivity contribution in [3.05, 3.63) is 59.9 Å². The Bertz CT molecular complexity index is 531. The van der Waals surface area contributed by atoms with Crippen LogP contribution in [0.15, 0.2) is 48.5 Å². The molecule has 0 bridgehead atoms. The molecule has 0 radical (unpaired) electrons. The molecule has 2 N–H and O–H groups in total. The van der Waals surface area contributed by atoms with Gasteiger partial charge in [0.2, 0.25) is 0 Å². The minimum Gasteiger partial charge on any atom is -0.505 e. The molecule has 0 aliphatic rings. The van der Waals surface area contributed by atoms with Crippen molar-refractivity contribution < 1.29 is 14.2 Å². The van der Waals surface area contributed by atoms with Crippen LogP contribution in [0.2, 0.25) is 0 Å². The number of para-hydroxylation sites is 2. The molecule has 0 amide bonds. The fourth-order valence-corrected chi connectivity index (χ4v) is 1.83. The molecule has 0 atom stereocenters. The second kappa shape index (κ2) is 7.50. The van der Waals surface area contributed by atoms with Crippen LogP contribution in [0.3, 0.4) is 0 Å². The van der Waals surface area contributed by atoms with Gasteiger partial charge in [-0.2, -0.15) is 0 Å². The second-order valence-corrected chi connectivity index (χ2v) is 4.44. The van der Waals surface area contributed by atoms with Gasteiger partial charge in [0, 0.05) is 12.1 Å². The van der Waals surface area contributed by atoms with Gasteiger partial charge in [0.15, 0.2) is 11.6 Å². The number of ether oxygens (including phenoxy) is 1. The van der Waals surface area contributed by atoms with Crippen molar-refractivity contribution in [3.63, 3.8) is 0 Å². The highest BCUT2D eigenvalue weighted by Crippen LogP contribution is 2.20. The smallest absolute Gasteiger partial charge is 0.165 e. The SMILES string of the molecule is Oc1c(F)cccc1CNCCCOc1ccccc1. The summed E-state index contributed by atoms with van der Waals surface area (Å²) in [6, 6.07) is 14.2. The second-order valence-electron chi connectivity index (χ2n) is 4.44. The summed E-state index contributed by atoms with van der Waals surface area (Å²) in [5.41, 5.74) is 0.564. The van der Waals surface area contributed by atoms with Crippen LogP contribution in [0.5, 0.6) is 11.5 Å². The third-order valence-corrected chi connectivity index (χ3v) is 2.90. The van der Waals surface area contributed by atoms with E-state index in [4.69, 9.17) is 4.74 Å². The molecule has 0 unspecified atom stereocenters. The van der Waals surface area contributed by atoms with E-state index in [1.165, 1.54) is 6.07 Å². The Labute approximate surface area is 118 Å². The van der Waals surface area contributed by atoms with E-state index in [-0.39, 0.29) is 5.75 Å². The third kappa shape index (κ3) is 4.24. The van der Waals surface area contributed by atoms with Crippen molar-refractivity contribution in [1.82, 2.24) is 5.32 Å². The van der Waals surface area contributed by atoms with Gasteiger partial charge in [-0.05, 0) is 31.2 Å². The van der Waals surface area contributed by atoms with Crippen LogP contribution in [0.1, 0.15) is 12.0 Å². The number of phenolic OH excluding ortho intramolecular Hbond substituents is 1. The summed E-state index contributed by atoms with van der Waals surface area (Å²) in [4.78, 5) is 0. The highest BCUT2D eigenvalue weighted by molar-refractivity contribution is 5.33. The fraction of sp³-hybridized carbons (Fsp3) is 0.250. The molecule has 3 nitrogen and oxygen atoms in total. The summed E-state index contributed by atoms with van der Waals surface area (Å²) in [6.07, 6.45) is 0.838. The number of hydrogen-bond acceptors (Lipinski definition) is 3. The summed E-state index contributed by atoms with van der Waals surface area (Å²) in [6.45, 7) is 1.80. The molecule has 2 aromatic carbocycles. The average Bonchev–Trinajstić information content (AvgIpc) is 2.48. The molecule has 0 aliphatic carbocycles. The third-order valence-electron chi connectivity index (χ3n) is 2.90. The van der Waals surface area contributed by atoms with Crippen molar-refractivity contribution in [2.75, 3.05) is 13.2 Å². The first-order valence-electron chi connectivity index (χ1n) is 6.62. The molecule has 2 rings (SSSR count). The van der Waals surface area contributed by atoms with Crippen LogP contribution in [0, 0.1) is 5.82 Å². The molecule has 0 saturated carbocycles. The van der Waals surface area contributed by atoms with E-state index < -0.39 is 5.82 Å². The standard InChI is InChI=1S/C16H18FNO2/c17-15-9-4-6-13(16(15)19)12-18-10-5-11-20-14-7-2-1-3-8-14/h1-4,6-9,18-19H,5,10-12H2. The molecule has 0 heterocycles. The normalized spacial score (nSPS) is 10.4. The molecular formula is C16H18FNO2.